The van der Waals surface area contributed by atoms with E-state index in [-0.39, 0.29) is 0 Å². The van der Waals surface area contributed by atoms with E-state index in [4.69, 9.17) is 0 Å². The van der Waals surface area contributed by atoms with Crippen LogP contribution in [0.15, 0.2) is 41.0 Å². The van der Waals surface area contributed by atoms with Crippen molar-refractivity contribution in [3.05, 3.63) is 46.8 Å². The summed E-state index contributed by atoms with van der Waals surface area (Å²) in [5, 5.41) is 3.27. The number of halogens is 1. The van der Waals surface area contributed by atoms with Gasteiger partial charge in [0.15, 0.2) is 0 Å². The van der Waals surface area contributed by atoms with E-state index in [1.54, 1.807) is 6.20 Å². The maximum absolute atomic E-state index is 4.52. The fourth-order valence-corrected chi connectivity index (χ4v) is 2.23. The first-order valence-electron chi connectivity index (χ1n) is 5.95. The van der Waals surface area contributed by atoms with E-state index in [0.29, 0.717) is 0 Å². The lowest BCUT2D eigenvalue weighted by Crippen LogP contribution is -1.93. The predicted molar refractivity (Wildman–Crippen MR) is 80.7 cm³/mol. The Morgan fingerprint density at radius 3 is 2.79 bits per heavy atom. The van der Waals surface area contributed by atoms with Crippen LogP contribution in [-0.2, 0) is 7.05 Å². The van der Waals surface area contributed by atoms with Crippen LogP contribution in [0.1, 0.15) is 5.82 Å². The summed E-state index contributed by atoms with van der Waals surface area (Å²) >= 11 is 3.37. The van der Waals surface area contributed by atoms with Crippen molar-refractivity contribution in [1.29, 1.82) is 0 Å². The zero-order valence-electron chi connectivity index (χ0n) is 10.7. The second-order valence-electron chi connectivity index (χ2n) is 4.41. The van der Waals surface area contributed by atoms with Crippen LogP contribution in [-0.4, -0.2) is 14.5 Å². The van der Waals surface area contributed by atoms with Crippen LogP contribution in [0.25, 0.3) is 11.0 Å². The lowest BCUT2D eigenvalue weighted by atomic mass is 10.2. The third-order valence-corrected chi connectivity index (χ3v) is 3.57. The van der Waals surface area contributed by atoms with Crippen molar-refractivity contribution >= 4 is 38.5 Å². The Morgan fingerprint density at radius 2 is 2.05 bits per heavy atom. The number of hydrogen-bond acceptors (Lipinski definition) is 3. The first-order valence-corrected chi connectivity index (χ1v) is 6.74. The van der Waals surface area contributed by atoms with Crippen LogP contribution in [0.5, 0.6) is 0 Å². The van der Waals surface area contributed by atoms with Crippen molar-refractivity contribution in [1.82, 2.24) is 14.5 Å². The maximum atomic E-state index is 4.52. The van der Waals surface area contributed by atoms with Crippen LogP contribution < -0.4 is 5.32 Å². The van der Waals surface area contributed by atoms with Gasteiger partial charge in [-0.2, -0.15) is 0 Å². The summed E-state index contributed by atoms with van der Waals surface area (Å²) in [6.45, 7) is 2.00. The number of rotatable bonds is 2. The topological polar surface area (TPSA) is 42.7 Å². The number of aryl methyl sites for hydroxylation is 2. The Labute approximate surface area is 119 Å². The third kappa shape index (κ3) is 2.33. The number of anilines is 2. The highest BCUT2D eigenvalue weighted by Gasteiger charge is 2.05. The number of fused-ring (bicyclic) bond motifs is 1. The summed E-state index contributed by atoms with van der Waals surface area (Å²) in [7, 11) is 2.02. The number of nitrogens with zero attached hydrogens (tertiary/aromatic N) is 3. The van der Waals surface area contributed by atoms with Gasteiger partial charge in [0.05, 0.1) is 11.0 Å². The number of aromatic nitrogens is 3. The third-order valence-electron chi connectivity index (χ3n) is 3.10. The predicted octanol–water partition coefficient (Wildman–Crippen LogP) is 3.78. The maximum Gasteiger partial charge on any atom is 0.130 e. The molecule has 0 amide bonds. The van der Waals surface area contributed by atoms with Gasteiger partial charge in [-0.1, -0.05) is 0 Å². The average Bonchev–Trinajstić information content (AvgIpc) is 2.68. The summed E-state index contributed by atoms with van der Waals surface area (Å²) < 4.78 is 3.05. The molecule has 0 atom stereocenters. The molecule has 1 N–H and O–H groups in total. The highest BCUT2D eigenvalue weighted by Crippen LogP contribution is 2.22. The molecule has 0 spiro atoms. The number of imidazole rings is 1. The summed E-state index contributed by atoms with van der Waals surface area (Å²) in [5.74, 6) is 1.82. The molecule has 5 heteroatoms. The molecule has 0 fully saturated rings. The lowest BCUT2D eigenvalue weighted by molar-refractivity contribution is 0.886. The molecule has 3 rings (SSSR count). The molecule has 0 aliphatic carbocycles. The van der Waals surface area contributed by atoms with E-state index < -0.39 is 0 Å². The van der Waals surface area contributed by atoms with Gasteiger partial charge in [-0.15, -0.1) is 0 Å². The Balaban J connectivity index is 1.95. The van der Waals surface area contributed by atoms with E-state index in [1.807, 2.05) is 38.2 Å². The van der Waals surface area contributed by atoms with Crippen LogP contribution in [0, 0.1) is 6.92 Å². The monoisotopic (exact) mass is 316 g/mol. The van der Waals surface area contributed by atoms with Crippen LogP contribution in [0.3, 0.4) is 0 Å². The van der Waals surface area contributed by atoms with Crippen molar-refractivity contribution in [3.8, 4) is 0 Å². The molecule has 3 aromatic rings. The number of benzene rings is 1. The smallest absolute Gasteiger partial charge is 0.130 e. The normalized spacial score (nSPS) is 10.9. The van der Waals surface area contributed by atoms with Crippen LogP contribution in [0.4, 0.5) is 11.5 Å². The Kier molecular flexibility index (Phi) is 2.98. The second-order valence-corrected chi connectivity index (χ2v) is 5.32. The SMILES string of the molecule is Cc1nc2cc(Nc3ccc(Br)cn3)ccc2n1C. The standard InChI is InChI=1S/C14H13BrN4/c1-9-17-12-7-11(4-5-13(12)19(9)2)18-14-6-3-10(15)8-16-14/h3-8H,1-2H3,(H,16,18). The van der Waals surface area contributed by atoms with Gasteiger partial charge >= 0.3 is 0 Å². The molecule has 0 unspecified atom stereocenters. The molecule has 0 aliphatic heterocycles. The van der Waals surface area contributed by atoms with Crippen molar-refractivity contribution in [2.75, 3.05) is 5.32 Å². The van der Waals surface area contributed by atoms with Crippen molar-refractivity contribution in [3.63, 3.8) is 0 Å². The summed E-state index contributed by atoms with van der Waals surface area (Å²) in [5.41, 5.74) is 3.11. The highest BCUT2D eigenvalue weighted by atomic mass is 79.9. The highest BCUT2D eigenvalue weighted by molar-refractivity contribution is 9.10. The Morgan fingerprint density at radius 1 is 1.21 bits per heavy atom. The second kappa shape index (κ2) is 4.66. The molecule has 0 saturated carbocycles. The minimum atomic E-state index is 0.815. The zero-order valence-corrected chi connectivity index (χ0v) is 12.3. The van der Waals surface area contributed by atoms with Crippen molar-refractivity contribution in [2.24, 2.45) is 7.05 Å². The van der Waals surface area contributed by atoms with E-state index in [2.05, 4.69) is 41.8 Å². The number of nitrogens with one attached hydrogen (secondary N) is 1. The van der Waals surface area contributed by atoms with Gasteiger partial charge in [-0.3, -0.25) is 0 Å². The van der Waals surface area contributed by atoms with Crippen LogP contribution >= 0.6 is 15.9 Å². The van der Waals surface area contributed by atoms with E-state index >= 15 is 0 Å². The fraction of sp³-hybridized carbons (Fsp3) is 0.143. The summed E-state index contributed by atoms with van der Waals surface area (Å²) in [4.78, 5) is 8.82. The molecule has 1 aromatic carbocycles. The molecule has 0 aliphatic rings. The van der Waals surface area contributed by atoms with Gasteiger partial charge in [-0.25, -0.2) is 9.97 Å². The quantitative estimate of drug-likeness (QED) is 0.782. The first-order chi connectivity index (χ1) is 9.13. The molecule has 0 saturated heterocycles. The van der Waals surface area contributed by atoms with Crippen LogP contribution in [0.2, 0.25) is 0 Å². The average molecular weight is 317 g/mol. The van der Waals surface area contributed by atoms with Gasteiger partial charge in [0.2, 0.25) is 0 Å². The van der Waals surface area contributed by atoms with Gasteiger partial charge in [0, 0.05) is 23.4 Å². The molecule has 2 aromatic heterocycles. The molecule has 96 valence electrons. The molecular weight excluding hydrogens is 304 g/mol. The first kappa shape index (κ1) is 12.2. The lowest BCUT2D eigenvalue weighted by Gasteiger charge is -2.05. The van der Waals surface area contributed by atoms with Crippen molar-refractivity contribution in [2.45, 2.75) is 6.92 Å². The van der Waals surface area contributed by atoms with Gasteiger partial charge in [0.25, 0.3) is 0 Å². The number of hydrogen-bond donors (Lipinski definition) is 1. The molecule has 0 radical (unpaired) electrons. The Hall–Kier alpha value is -1.88. The Bertz CT molecular complexity index is 731. The molecule has 0 bridgehead atoms. The minimum absolute atomic E-state index is 0.815. The van der Waals surface area contributed by atoms with Gasteiger partial charge in [-0.05, 0) is 53.2 Å². The van der Waals surface area contributed by atoms with E-state index in [9.17, 15) is 0 Å². The minimum Gasteiger partial charge on any atom is -0.340 e. The van der Waals surface area contributed by atoms with Gasteiger partial charge in [0.1, 0.15) is 11.6 Å². The molecule has 4 nitrogen and oxygen atoms in total. The summed E-state index contributed by atoms with van der Waals surface area (Å²) in [6.07, 6.45) is 1.77. The largest absolute Gasteiger partial charge is 0.340 e. The number of pyridine rings is 1. The summed E-state index contributed by atoms with van der Waals surface area (Å²) in [6, 6.07) is 10.0. The zero-order chi connectivity index (χ0) is 13.4. The molecule has 19 heavy (non-hydrogen) atoms. The van der Waals surface area contributed by atoms with E-state index in [1.165, 1.54) is 0 Å². The van der Waals surface area contributed by atoms with Crippen molar-refractivity contribution < 1.29 is 0 Å². The molecule has 2 heterocycles. The van der Waals surface area contributed by atoms with Gasteiger partial charge < -0.3 is 9.88 Å². The van der Waals surface area contributed by atoms with E-state index in [0.717, 1.165) is 32.8 Å². The molecular formula is C14H13BrN4. The fourth-order valence-electron chi connectivity index (χ4n) is 2.00.